The van der Waals surface area contributed by atoms with Crippen molar-refractivity contribution in [2.45, 2.75) is 6.54 Å². The van der Waals surface area contributed by atoms with Crippen LogP contribution in [0.3, 0.4) is 0 Å². The van der Waals surface area contributed by atoms with E-state index in [1.54, 1.807) is 24.3 Å². The first kappa shape index (κ1) is 19.2. The quantitative estimate of drug-likeness (QED) is 0.444. The molecular weight excluding hydrogens is 407 g/mol. The molecule has 3 aromatic carbocycles. The van der Waals surface area contributed by atoms with Crippen LogP contribution in [0.4, 0.5) is 5.69 Å². The normalized spacial score (nSPS) is 11.6. The highest BCUT2D eigenvalue weighted by Gasteiger charge is 2.13. The zero-order valence-electron chi connectivity index (χ0n) is 15.2. The zero-order valence-corrected chi connectivity index (χ0v) is 16.7. The van der Waals surface area contributed by atoms with Gasteiger partial charge in [-0.15, -0.1) is 0 Å². The summed E-state index contributed by atoms with van der Waals surface area (Å²) in [6, 6.07) is 23.9. The molecule has 0 aliphatic heterocycles. The van der Waals surface area contributed by atoms with Gasteiger partial charge in [0.2, 0.25) is 5.55 Å². The predicted octanol–water partition coefficient (Wildman–Crippen LogP) is 5.90. The summed E-state index contributed by atoms with van der Waals surface area (Å²) in [5, 5.41) is 4.60. The molecular formula is C23H16Cl2N2O2. The second-order valence-electron chi connectivity index (χ2n) is 6.38. The fraction of sp³-hybridized carbons (Fsp3) is 0.0435. The number of hydrogen-bond acceptors (Lipinski definition) is 3. The van der Waals surface area contributed by atoms with Crippen molar-refractivity contribution in [1.29, 1.82) is 0 Å². The van der Waals surface area contributed by atoms with E-state index in [0.717, 1.165) is 10.9 Å². The lowest BCUT2D eigenvalue weighted by Crippen LogP contribution is -2.28. The average Bonchev–Trinajstić information content (AvgIpc) is 2.74. The van der Waals surface area contributed by atoms with Crippen LogP contribution in [-0.2, 0) is 6.54 Å². The number of rotatable bonds is 4. The van der Waals surface area contributed by atoms with Gasteiger partial charge in [0.25, 0.3) is 5.91 Å². The van der Waals surface area contributed by atoms with Crippen molar-refractivity contribution < 1.29 is 9.21 Å². The van der Waals surface area contributed by atoms with Crippen LogP contribution in [0.25, 0.3) is 11.0 Å². The molecule has 144 valence electrons. The summed E-state index contributed by atoms with van der Waals surface area (Å²) in [6.07, 6.45) is 0. The fourth-order valence-electron chi connectivity index (χ4n) is 2.87. The van der Waals surface area contributed by atoms with Crippen molar-refractivity contribution in [3.8, 4) is 0 Å². The first-order chi connectivity index (χ1) is 14.1. The van der Waals surface area contributed by atoms with Crippen LogP contribution in [0, 0.1) is 0 Å². The minimum Gasteiger partial charge on any atom is -0.438 e. The van der Waals surface area contributed by atoms with Crippen molar-refractivity contribution in [3.63, 3.8) is 0 Å². The van der Waals surface area contributed by atoms with Gasteiger partial charge in [0, 0.05) is 17.0 Å². The molecule has 4 nitrogen and oxygen atoms in total. The van der Waals surface area contributed by atoms with Gasteiger partial charge in [-0.3, -0.25) is 4.79 Å². The summed E-state index contributed by atoms with van der Waals surface area (Å²) in [5.41, 5.74) is 2.59. The van der Waals surface area contributed by atoms with E-state index in [4.69, 9.17) is 27.6 Å². The molecule has 1 amide bonds. The van der Waals surface area contributed by atoms with Gasteiger partial charge < -0.3 is 9.73 Å². The molecule has 0 atom stereocenters. The van der Waals surface area contributed by atoms with E-state index in [9.17, 15) is 4.79 Å². The van der Waals surface area contributed by atoms with Crippen molar-refractivity contribution in [2.75, 3.05) is 0 Å². The van der Waals surface area contributed by atoms with Gasteiger partial charge in [0.05, 0.1) is 10.7 Å². The molecule has 0 aliphatic rings. The number of benzene rings is 3. The van der Waals surface area contributed by atoms with Gasteiger partial charge in [-0.25, -0.2) is 4.99 Å². The average molecular weight is 423 g/mol. The molecule has 4 aromatic rings. The monoisotopic (exact) mass is 422 g/mol. The Morgan fingerprint density at radius 3 is 2.48 bits per heavy atom. The molecule has 0 radical (unpaired) electrons. The smallest absolute Gasteiger partial charge is 0.257 e. The zero-order chi connectivity index (χ0) is 20.2. The highest BCUT2D eigenvalue weighted by atomic mass is 35.5. The minimum atomic E-state index is -0.285. The van der Waals surface area contributed by atoms with Crippen LogP contribution in [0.2, 0.25) is 10.0 Å². The number of hydrogen-bond donors (Lipinski definition) is 1. The van der Waals surface area contributed by atoms with Crippen LogP contribution in [0.1, 0.15) is 15.9 Å². The molecule has 29 heavy (non-hydrogen) atoms. The summed E-state index contributed by atoms with van der Waals surface area (Å²) in [4.78, 5) is 17.4. The Labute approximate surface area is 177 Å². The summed E-state index contributed by atoms with van der Waals surface area (Å²) >= 11 is 12.2. The van der Waals surface area contributed by atoms with Crippen LogP contribution in [-0.4, -0.2) is 5.91 Å². The number of carbonyl (C=O) groups is 1. The summed E-state index contributed by atoms with van der Waals surface area (Å²) < 4.78 is 5.94. The van der Waals surface area contributed by atoms with Crippen LogP contribution in [0.5, 0.6) is 0 Å². The SMILES string of the molecule is O=C(NCc1ccccc1)c1cc2ccccc2oc1=Nc1ccc(Cl)cc1Cl. The molecule has 1 N–H and O–H groups in total. The van der Waals surface area contributed by atoms with Crippen LogP contribution >= 0.6 is 23.2 Å². The summed E-state index contributed by atoms with van der Waals surface area (Å²) in [6.45, 7) is 0.396. The maximum Gasteiger partial charge on any atom is 0.257 e. The predicted molar refractivity (Wildman–Crippen MR) is 116 cm³/mol. The highest BCUT2D eigenvalue weighted by Crippen LogP contribution is 2.27. The molecule has 0 spiro atoms. The molecule has 0 bridgehead atoms. The van der Waals surface area contributed by atoms with Crippen molar-refractivity contribution in [3.05, 3.63) is 106 Å². The summed E-state index contributed by atoms with van der Waals surface area (Å²) in [5.74, 6) is -0.285. The number of amides is 1. The van der Waals surface area contributed by atoms with Crippen LogP contribution < -0.4 is 10.9 Å². The van der Waals surface area contributed by atoms with Gasteiger partial charge in [-0.05, 0) is 35.9 Å². The van der Waals surface area contributed by atoms with E-state index in [1.807, 2.05) is 54.6 Å². The molecule has 0 aliphatic carbocycles. The maximum absolute atomic E-state index is 12.9. The number of halogens is 2. The van der Waals surface area contributed by atoms with Gasteiger partial charge >= 0.3 is 0 Å². The van der Waals surface area contributed by atoms with Crippen molar-refractivity contribution >= 4 is 45.8 Å². The van der Waals surface area contributed by atoms with Gasteiger partial charge in [-0.1, -0.05) is 71.7 Å². The second kappa shape index (κ2) is 8.52. The number of para-hydroxylation sites is 1. The summed E-state index contributed by atoms with van der Waals surface area (Å²) in [7, 11) is 0. The van der Waals surface area contributed by atoms with Gasteiger partial charge in [0.15, 0.2) is 0 Å². The molecule has 0 saturated carbocycles. The standard InChI is InChI=1S/C23H16Cl2N2O2/c24-17-10-11-20(19(25)13-17)27-23-18(12-16-8-4-5-9-21(16)29-23)22(28)26-14-15-6-2-1-3-7-15/h1-13H,14H2,(H,26,28). The van der Waals surface area contributed by atoms with E-state index in [0.29, 0.717) is 33.4 Å². The van der Waals surface area contributed by atoms with E-state index < -0.39 is 0 Å². The Hall–Kier alpha value is -3.08. The number of fused-ring (bicyclic) bond motifs is 1. The maximum atomic E-state index is 12.9. The third kappa shape index (κ3) is 4.50. The second-order valence-corrected chi connectivity index (χ2v) is 7.22. The fourth-order valence-corrected chi connectivity index (χ4v) is 3.32. The number of nitrogens with one attached hydrogen (secondary N) is 1. The lowest BCUT2D eigenvalue weighted by molar-refractivity contribution is 0.0947. The Bertz CT molecular complexity index is 1250. The molecule has 0 fully saturated rings. The van der Waals surface area contributed by atoms with E-state index in [1.165, 1.54) is 0 Å². The topological polar surface area (TPSA) is 54.6 Å². The van der Waals surface area contributed by atoms with Crippen molar-refractivity contribution in [2.24, 2.45) is 4.99 Å². The van der Waals surface area contributed by atoms with Gasteiger partial charge in [-0.2, -0.15) is 0 Å². The number of carbonyl (C=O) groups excluding carboxylic acids is 1. The largest absolute Gasteiger partial charge is 0.438 e. The molecule has 1 heterocycles. The first-order valence-electron chi connectivity index (χ1n) is 8.95. The Balaban J connectivity index is 1.77. The van der Waals surface area contributed by atoms with E-state index in [-0.39, 0.29) is 11.5 Å². The van der Waals surface area contributed by atoms with Crippen LogP contribution in [0.15, 0.2) is 88.3 Å². The third-order valence-corrected chi connectivity index (χ3v) is 4.87. The van der Waals surface area contributed by atoms with Crippen molar-refractivity contribution in [1.82, 2.24) is 5.32 Å². The molecule has 4 rings (SSSR count). The van der Waals surface area contributed by atoms with Gasteiger partial charge in [0.1, 0.15) is 11.1 Å². The Morgan fingerprint density at radius 1 is 0.931 bits per heavy atom. The number of nitrogens with zero attached hydrogens (tertiary/aromatic N) is 1. The Morgan fingerprint density at radius 2 is 1.69 bits per heavy atom. The molecule has 0 saturated heterocycles. The van der Waals surface area contributed by atoms with E-state index in [2.05, 4.69) is 10.3 Å². The lowest BCUT2D eigenvalue weighted by atomic mass is 10.1. The third-order valence-electron chi connectivity index (χ3n) is 4.33. The molecule has 0 unspecified atom stereocenters. The minimum absolute atomic E-state index is 0.179. The Kier molecular flexibility index (Phi) is 5.65. The molecule has 6 heteroatoms. The molecule has 1 aromatic heterocycles. The lowest BCUT2D eigenvalue weighted by Gasteiger charge is -2.07. The van der Waals surface area contributed by atoms with E-state index >= 15 is 0 Å². The highest BCUT2D eigenvalue weighted by molar-refractivity contribution is 6.36. The first-order valence-corrected chi connectivity index (χ1v) is 9.70.